The Morgan fingerprint density at radius 1 is 1.00 bits per heavy atom. The lowest BCUT2D eigenvalue weighted by atomic mass is 10.1. The Morgan fingerprint density at radius 3 is 2.26 bits per heavy atom. The minimum Gasteiger partial charge on any atom is -0.493 e. The van der Waals surface area contributed by atoms with Gasteiger partial charge in [0, 0.05) is 17.3 Å². The number of pyridine rings is 1. The maximum absolute atomic E-state index is 5.94. The first-order chi connectivity index (χ1) is 12.2. The number of ether oxygens (including phenoxy) is 4. The Kier molecular flexibility index (Phi) is 8.47. The van der Waals surface area contributed by atoms with Crippen LogP contribution in [0.3, 0.4) is 0 Å². The van der Waals surface area contributed by atoms with E-state index in [4.69, 9.17) is 18.9 Å². The minimum absolute atomic E-state index is 0. The highest BCUT2D eigenvalue weighted by molar-refractivity contribution is 5.85. The van der Waals surface area contributed by atoms with Crippen molar-refractivity contribution in [3.63, 3.8) is 0 Å². The van der Waals surface area contributed by atoms with Crippen LogP contribution in [0.2, 0.25) is 0 Å². The molecule has 27 heavy (non-hydrogen) atoms. The Morgan fingerprint density at radius 2 is 1.70 bits per heavy atom. The predicted molar refractivity (Wildman–Crippen MR) is 110 cm³/mol. The van der Waals surface area contributed by atoms with Gasteiger partial charge in [-0.15, -0.1) is 24.8 Å². The van der Waals surface area contributed by atoms with Crippen LogP contribution in [0.1, 0.15) is 12.8 Å². The third-order valence-corrected chi connectivity index (χ3v) is 4.63. The van der Waals surface area contributed by atoms with Crippen LogP contribution in [0.25, 0.3) is 11.1 Å². The lowest BCUT2D eigenvalue weighted by Gasteiger charge is -2.17. The van der Waals surface area contributed by atoms with Crippen molar-refractivity contribution < 1.29 is 18.9 Å². The first-order valence-electron chi connectivity index (χ1n) is 8.22. The summed E-state index contributed by atoms with van der Waals surface area (Å²) in [4.78, 5) is 4.31. The fourth-order valence-corrected chi connectivity index (χ4v) is 2.81. The third-order valence-electron chi connectivity index (χ3n) is 4.63. The van der Waals surface area contributed by atoms with Gasteiger partial charge in [0.25, 0.3) is 0 Å². The SMILES string of the molecule is CNC1(COc2cncc(-c3ccc(OC)c(OC)c3OC)c2)CC1.Cl.Cl. The van der Waals surface area contributed by atoms with Crippen LogP contribution in [0.15, 0.2) is 30.6 Å². The van der Waals surface area contributed by atoms with Crippen molar-refractivity contribution in [1.82, 2.24) is 10.3 Å². The number of halogens is 2. The molecule has 1 fully saturated rings. The summed E-state index contributed by atoms with van der Waals surface area (Å²) < 4.78 is 22.3. The Bertz CT molecular complexity index is 754. The maximum atomic E-state index is 5.94. The van der Waals surface area contributed by atoms with Crippen LogP contribution < -0.4 is 24.3 Å². The van der Waals surface area contributed by atoms with Gasteiger partial charge in [0.2, 0.25) is 5.75 Å². The van der Waals surface area contributed by atoms with Crippen LogP contribution >= 0.6 is 24.8 Å². The van der Waals surface area contributed by atoms with Gasteiger partial charge < -0.3 is 24.3 Å². The van der Waals surface area contributed by atoms with Gasteiger partial charge >= 0.3 is 0 Å². The molecule has 6 nitrogen and oxygen atoms in total. The number of methoxy groups -OCH3 is 3. The molecule has 3 rings (SSSR count). The number of aromatic nitrogens is 1. The van der Waals surface area contributed by atoms with E-state index >= 15 is 0 Å². The van der Waals surface area contributed by atoms with E-state index in [1.807, 2.05) is 25.2 Å². The molecule has 0 bridgehead atoms. The van der Waals surface area contributed by atoms with Crippen LogP contribution in [-0.2, 0) is 0 Å². The highest BCUT2D eigenvalue weighted by Gasteiger charge is 2.41. The quantitative estimate of drug-likeness (QED) is 0.706. The van der Waals surface area contributed by atoms with Crippen molar-refractivity contribution in [2.75, 3.05) is 35.0 Å². The van der Waals surface area contributed by atoms with Crippen LogP contribution in [0, 0.1) is 0 Å². The summed E-state index contributed by atoms with van der Waals surface area (Å²) >= 11 is 0. The zero-order valence-electron chi connectivity index (χ0n) is 15.9. The van der Waals surface area contributed by atoms with Crippen molar-refractivity contribution in [1.29, 1.82) is 0 Å². The summed E-state index contributed by atoms with van der Waals surface area (Å²) in [6, 6.07) is 5.74. The zero-order chi connectivity index (χ0) is 17.9. The van der Waals surface area contributed by atoms with Gasteiger partial charge in [0.15, 0.2) is 11.5 Å². The van der Waals surface area contributed by atoms with E-state index in [0.717, 1.165) is 29.7 Å². The third kappa shape index (κ3) is 4.89. The van der Waals surface area contributed by atoms with Crippen LogP contribution in [0.5, 0.6) is 23.0 Å². The first-order valence-corrected chi connectivity index (χ1v) is 8.22. The summed E-state index contributed by atoms with van der Waals surface area (Å²) in [6.07, 6.45) is 5.78. The second-order valence-electron chi connectivity index (χ2n) is 6.11. The van der Waals surface area contributed by atoms with E-state index in [1.165, 1.54) is 0 Å². The molecule has 0 radical (unpaired) electrons. The summed E-state index contributed by atoms with van der Waals surface area (Å²) in [5.41, 5.74) is 1.88. The summed E-state index contributed by atoms with van der Waals surface area (Å²) in [7, 11) is 6.77. The van der Waals surface area contributed by atoms with Gasteiger partial charge in [-0.05, 0) is 38.1 Å². The highest BCUT2D eigenvalue weighted by atomic mass is 35.5. The van der Waals surface area contributed by atoms with E-state index in [-0.39, 0.29) is 30.4 Å². The number of nitrogens with zero attached hydrogens (tertiary/aromatic N) is 1. The number of rotatable bonds is 8. The lowest BCUT2D eigenvalue weighted by molar-refractivity contribution is 0.259. The highest BCUT2D eigenvalue weighted by Crippen LogP contribution is 2.44. The van der Waals surface area contributed by atoms with E-state index < -0.39 is 0 Å². The van der Waals surface area contributed by atoms with E-state index in [9.17, 15) is 0 Å². The molecule has 8 heteroatoms. The molecular weight excluding hydrogens is 391 g/mol. The van der Waals surface area contributed by atoms with Gasteiger partial charge in [0.05, 0.1) is 33.1 Å². The summed E-state index contributed by atoms with van der Waals surface area (Å²) in [5, 5.41) is 3.32. The largest absolute Gasteiger partial charge is 0.493 e. The number of nitrogens with one attached hydrogen (secondary N) is 1. The van der Waals surface area contributed by atoms with E-state index in [2.05, 4.69) is 10.3 Å². The van der Waals surface area contributed by atoms with Gasteiger partial charge in [-0.1, -0.05) is 0 Å². The number of hydrogen-bond acceptors (Lipinski definition) is 6. The van der Waals surface area contributed by atoms with Crippen LogP contribution in [-0.4, -0.2) is 45.5 Å². The molecular formula is C19H26Cl2N2O4. The van der Waals surface area contributed by atoms with Gasteiger partial charge in [-0.2, -0.15) is 0 Å². The minimum atomic E-state index is 0. The molecule has 1 aliphatic rings. The van der Waals surface area contributed by atoms with Crippen molar-refractivity contribution in [3.05, 3.63) is 30.6 Å². The molecule has 0 saturated heterocycles. The van der Waals surface area contributed by atoms with Crippen molar-refractivity contribution >= 4 is 24.8 Å². The fourth-order valence-electron chi connectivity index (χ4n) is 2.81. The molecule has 0 spiro atoms. The molecule has 1 saturated carbocycles. The van der Waals surface area contributed by atoms with E-state index in [1.54, 1.807) is 33.7 Å². The van der Waals surface area contributed by atoms with Gasteiger partial charge in [-0.3, -0.25) is 4.98 Å². The number of likely N-dealkylation sites (N-methyl/N-ethyl adjacent to an activating group) is 1. The maximum Gasteiger partial charge on any atom is 0.203 e. The molecule has 0 atom stereocenters. The van der Waals surface area contributed by atoms with Crippen molar-refractivity contribution in [3.8, 4) is 34.1 Å². The average molecular weight is 417 g/mol. The second-order valence-corrected chi connectivity index (χ2v) is 6.11. The zero-order valence-corrected chi connectivity index (χ0v) is 17.5. The summed E-state index contributed by atoms with van der Waals surface area (Å²) in [6.45, 7) is 0.637. The van der Waals surface area contributed by atoms with Crippen molar-refractivity contribution in [2.45, 2.75) is 18.4 Å². The van der Waals surface area contributed by atoms with E-state index in [0.29, 0.717) is 23.9 Å². The smallest absolute Gasteiger partial charge is 0.203 e. The Balaban J connectivity index is 0.00000182. The Hall–Kier alpha value is -1.89. The van der Waals surface area contributed by atoms with Crippen LogP contribution in [0.4, 0.5) is 0 Å². The molecule has 1 aliphatic carbocycles. The monoisotopic (exact) mass is 416 g/mol. The second kappa shape index (κ2) is 9.88. The fraction of sp³-hybridized carbons (Fsp3) is 0.421. The van der Waals surface area contributed by atoms with Gasteiger partial charge in [-0.25, -0.2) is 0 Å². The molecule has 2 aromatic rings. The molecule has 1 aromatic carbocycles. The standard InChI is InChI=1S/C19H24N2O4.2ClH/c1-20-19(7-8-19)12-25-14-9-13(10-21-11-14)15-5-6-16(22-2)18(24-4)17(15)23-3;;/h5-6,9-11,20H,7-8,12H2,1-4H3;2*1H. The molecule has 0 aliphatic heterocycles. The molecule has 1 heterocycles. The molecule has 1 aromatic heterocycles. The Labute approximate surface area is 172 Å². The summed E-state index contributed by atoms with van der Waals surface area (Å²) in [5.74, 6) is 2.51. The molecule has 1 N–H and O–H groups in total. The predicted octanol–water partition coefficient (Wildman–Crippen LogP) is 3.75. The normalized spacial score (nSPS) is 13.6. The molecule has 0 amide bonds. The number of benzene rings is 1. The number of hydrogen-bond donors (Lipinski definition) is 1. The van der Waals surface area contributed by atoms with Gasteiger partial charge in [0.1, 0.15) is 12.4 Å². The molecule has 0 unspecified atom stereocenters. The topological polar surface area (TPSA) is 61.8 Å². The first kappa shape index (κ1) is 23.1. The van der Waals surface area contributed by atoms with Crippen molar-refractivity contribution in [2.24, 2.45) is 0 Å². The molecule has 150 valence electrons. The average Bonchev–Trinajstić information content (AvgIpc) is 3.45. The lowest BCUT2D eigenvalue weighted by Crippen LogP contribution is -2.33.